The summed E-state index contributed by atoms with van der Waals surface area (Å²) in [5.74, 6) is -0.164. The highest BCUT2D eigenvalue weighted by atomic mass is 19.1. The fourth-order valence-electron chi connectivity index (χ4n) is 2.21. The molecule has 0 bridgehead atoms. The number of nitrogens with one attached hydrogen (secondary N) is 1. The van der Waals surface area contributed by atoms with Gasteiger partial charge in [0.15, 0.2) is 0 Å². The second-order valence-corrected chi connectivity index (χ2v) is 4.81. The van der Waals surface area contributed by atoms with E-state index in [1.165, 1.54) is 12.1 Å². The first-order valence-corrected chi connectivity index (χ1v) is 6.26. The average molecular weight is 261 g/mol. The zero-order valence-electron chi connectivity index (χ0n) is 10.8. The van der Waals surface area contributed by atoms with E-state index < -0.39 is 0 Å². The van der Waals surface area contributed by atoms with Gasteiger partial charge in [0, 0.05) is 38.2 Å². The largest absolute Gasteiger partial charge is 0.344 e. The van der Waals surface area contributed by atoms with Crippen LogP contribution in [0.4, 0.5) is 4.39 Å². The molecule has 0 saturated carbocycles. The molecule has 1 atom stereocenters. The standard InChI is InChI=1S/C14H16FN3O/c1-18-9-12(3-5-14(18)19)17-8-11-6-10(7-16)2-4-13(11)15/h2,4,6,12,17H,3,5,8-9H2,1H3. The Morgan fingerprint density at radius 1 is 1.58 bits per heavy atom. The summed E-state index contributed by atoms with van der Waals surface area (Å²) in [5.41, 5.74) is 0.938. The van der Waals surface area contributed by atoms with Crippen LogP contribution in [0.15, 0.2) is 18.2 Å². The zero-order chi connectivity index (χ0) is 13.8. The summed E-state index contributed by atoms with van der Waals surface area (Å²) < 4.78 is 13.6. The first-order chi connectivity index (χ1) is 9.10. The van der Waals surface area contributed by atoms with Crippen LogP contribution in [0.5, 0.6) is 0 Å². The molecule has 0 aliphatic carbocycles. The molecule has 4 nitrogen and oxygen atoms in total. The number of rotatable bonds is 3. The maximum absolute atomic E-state index is 13.6. The number of likely N-dealkylation sites (N-methyl/N-ethyl adjacent to an activating group) is 1. The molecule has 2 rings (SSSR count). The zero-order valence-corrected chi connectivity index (χ0v) is 10.8. The highest BCUT2D eigenvalue weighted by Gasteiger charge is 2.22. The minimum absolute atomic E-state index is 0.149. The Kier molecular flexibility index (Phi) is 4.13. The molecule has 19 heavy (non-hydrogen) atoms. The molecule has 1 N–H and O–H groups in total. The summed E-state index contributed by atoms with van der Waals surface area (Å²) in [7, 11) is 1.77. The van der Waals surface area contributed by atoms with E-state index in [1.54, 1.807) is 18.0 Å². The molecular weight excluding hydrogens is 245 g/mol. The molecule has 1 saturated heterocycles. The van der Waals surface area contributed by atoms with Crippen LogP contribution in [0.1, 0.15) is 24.0 Å². The maximum atomic E-state index is 13.6. The molecule has 0 radical (unpaired) electrons. The van der Waals surface area contributed by atoms with Gasteiger partial charge in [0.05, 0.1) is 11.6 Å². The van der Waals surface area contributed by atoms with Gasteiger partial charge in [-0.15, -0.1) is 0 Å². The molecule has 1 aliphatic heterocycles. The van der Waals surface area contributed by atoms with E-state index in [4.69, 9.17) is 5.26 Å². The van der Waals surface area contributed by atoms with Crippen LogP contribution in [0.2, 0.25) is 0 Å². The van der Waals surface area contributed by atoms with Crippen LogP contribution in [-0.2, 0) is 11.3 Å². The van der Waals surface area contributed by atoms with Gasteiger partial charge in [-0.05, 0) is 24.6 Å². The first kappa shape index (κ1) is 13.5. The van der Waals surface area contributed by atoms with Gasteiger partial charge >= 0.3 is 0 Å². The van der Waals surface area contributed by atoms with E-state index in [9.17, 15) is 9.18 Å². The van der Waals surface area contributed by atoms with Gasteiger partial charge in [-0.3, -0.25) is 4.79 Å². The third-order valence-electron chi connectivity index (χ3n) is 3.38. The fraction of sp³-hybridized carbons (Fsp3) is 0.429. The van der Waals surface area contributed by atoms with E-state index in [1.807, 2.05) is 6.07 Å². The Balaban J connectivity index is 1.96. The lowest BCUT2D eigenvalue weighted by Crippen LogP contribution is -2.46. The monoisotopic (exact) mass is 261 g/mol. The molecule has 1 aliphatic rings. The topological polar surface area (TPSA) is 56.1 Å². The Labute approximate surface area is 111 Å². The number of piperidine rings is 1. The van der Waals surface area contributed by atoms with Gasteiger partial charge < -0.3 is 10.2 Å². The fourth-order valence-corrected chi connectivity index (χ4v) is 2.21. The Morgan fingerprint density at radius 3 is 3.05 bits per heavy atom. The number of likely N-dealkylation sites (tertiary alicyclic amines) is 1. The Morgan fingerprint density at radius 2 is 2.37 bits per heavy atom. The molecule has 0 spiro atoms. The van der Waals surface area contributed by atoms with Crippen molar-refractivity contribution < 1.29 is 9.18 Å². The number of carbonyl (C=O) groups is 1. The summed E-state index contributed by atoms with van der Waals surface area (Å²) in [5, 5.41) is 12.0. The second-order valence-electron chi connectivity index (χ2n) is 4.81. The molecule has 1 amide bonds. The van der Waals surface area contributed by atoms with Crippen LogP contribution in [0.25, 0.3) is 0 Å². The van der Waals surface area contributed by atoms with Crippen molar-refractivity contribution in [1.29, 1.82) is 5.26 Å². The number of benzene rings is 1. The van der Waals surface area contributed by atoms with Crippen molar-refractivity contribution in [2.75, 3.05) is 13.6 Å². The molecule has 0 aromatic heterocycles. The SMILES string of the molecule is CN1CC(NCc2cc(C#N)ccc2F)CCC1=O. The number of carbonyl (C=O) groups excluding carboxylic acids is 1. The Hall–Kier alpha value is -1.93. The normalized spacial score (nSPS) is 19.3. The number of hydrogen-bond acceptors (Lipinski definition) is 3. The van der Waals surface area contributed by atoms with Gasteiger partial charge in [-0.1, -0.05) is 0 Å². The third kappa shape index (κ3) is 3.30. The van der Waals surface area contributed by atoms with Crippen molar-refractivity contribution in [3.05, 3.63) is 35.1 Å². The van der Waals surface area contributed by atoms with Crippen molar-refractivity contribution in [2.45, 2.75) is 25.4 Å². The highest BCUT2D eigenvalue weighted by molar-refractivity contribution is 5.76. The maximum Gasteiger partial charge on any atom is 0.222 e. The first-order valence-electron chi connectivity index (χ1n) is 6.26. The highest BCUT2D eigenvalue weighted by Crippen LogP contribution is 2.13. The quantitative estimate of drug-likeness (QED) is 0.895. The van der Waals surface area contributed by atoms with Gasteiger partial charge in [-0.25, -0.2) is 4.39 Å². The summed E-state index contributed by atoms with van der Waals surface area (Å²) in [6.07, 6.45) is 1.29. The van der Waals surface area contributed by atoms with Gasteiger partial charge in [0.2, 0.25) is 5.91 Å². The molecule has 100 valence electrons. The Bertz CT molecular complexity index is 524. The molecule has 1 aromatic carbocycles. The summed E-state index contributed by atoms with van der Waals surface area (Å²) in [4.78, 5) is 13.0. The number of amides is 1. The third-order valence-corrected chi connectivity index (χ3v) is 3.38. The van der Waals surface area contributed by atoms with Gasteiger partial charge in [0.1, 0.15) is 5.82 Å². The van der Waals surface area contributed by atoms with Crippen molar-refractivity contribution in [1.82, 2.24) is 10.2 Å². The van der Waals surface area contributed by atoms with Crippen LogP contribution >= 0.6 is 0 Å². The van der Waals surface area contributed by atoms with E-state index in [0.29, 0.717) is 30.6 Å². The number of hydrogen-bond donors (Lipinski definition) is 1. The molecule has 1 aromatic rings. The second kappa shape index (κ2) is 5.81. The van der Waals surface area contributed by atoms with Crippen molar-refractivity contribution in [2.24, 2.45) is 0 Å². The van der Waals surface area contributed by atoms with Crippen molar-refractivity contribution in [3.8, 4) is 6.07 Å². The molecule has 1 fully saturated rings. The predicted octanol–water partition coefficient (Wildman–Crippen LogP) is 1.41. The van der Waals surface area contributed by atoms with E-state index in [0.717, 1.165) is 6.42 Å². The van der Waals surface area contributed by atoms with Crippen LogP contribution in [-0.4, -0.2) is 30.4 Å². The molecule has 5 heteroatoms. The lowest BCUT2D eigenvalue weighted by molar-refractivity contribution is -0.132. The smallest absolute Gasteiger partial charge is 0.222 e. The van der Waals surface area contributed by atoms with Gasteiger partial charge in [-0.2, -0.15) is 5.26 Å². The van der Waals surface area contributed by atoms with Crippen LogP contribution in [0, 0.1) is 17.1 Å². The number of nitrogens with zero attached hydrogens (tertiary/aromatic N) is 2. The van der Waals surface area contributed by atoms with Gasteiger partial charge in [0.25, 0.3) is 0 Å². The molecular formula is C14H16FN3O. The number of halogens is 1. The van der Waals surface area contributed by atoms with E-state index in [-0.39, 0.29) is 17.8 Å². The minimum atomic E-state index is -0.313. The summed E-state index contributed by atoms with van der Waals surface area (Å²) in [6.45, 7) is 1.01. The lowest BCUT2D eigenvalue weighted by atomic mass is 10.0. The molecule has 1 unspecified atom stereocenters. The van der Waals surface area contributed by atoms with Crippen molar-refractivity contribution in [3.63, 3.8) is 0 Å². The lowest BCUT2D eigenvalue weighted by Gasteiger charge is -2.30. The molecule has 1 heterocycles. The summed E-state index contributed by atoms with van der Waals surface area (Å²) in [6, 6.07) is 6.50. The average Bonchev–Trinajstić information content (AvgIpc) is 2.41. The minimum Gasteiger partial charge on any atom is -0.344 e. The number of nitriles is 1. The van der Waals surface area contributed by atoms with E-state index >= 15 is 0 Å². The predicted molar refractivity (Wildman–Crippen MR) is 68.6 cm³/mol. The van der Waals surface area contributed by atoms with E-state index in [2.05, 4.69) is 5.32 Å². The van der Waals surface area contributed by atoms with Crippen LogP contribution in [0.3, 0.4) is 0 Å². The van der Waals surface area contributed by atoms with Crippen LogP contribution < -0.4 is 5.32 Å². The summed E-state index contributed by atoms with van der Waals surface area (Å²) >= 11 is 0. The van der Waals surface area contributed by atoms with Crippen molar-refractivity contribution >= 4 is 5.91 Å².